The van der Waals surface area contributed by atoms with E-state index in [4.69, 9.17) is 10.5 Å². The van der Waals surface area contributed by atoms with Crippen LogP contribution in [-0.2, 0) is 0 Å². The summed E-state index contributed by atoms with van der Waals surface area (Å²) in [4.78, 5) is 2.30. The topological polar surface area (TPSA) is 58.7 Å². The molecule has 4 heteroatoms. The van der Waals surface area contributed by atoms with Gasteiger partial charge in [-0.1, -0.05) is 12.1 Å². The average molecular weight is 278 g/mol. The number of β-amino-alcohol motifs (C(OH)–C–C–N with tert-alkyl or cyclic N) is 1. The number of hydrogen-bond acceptors (Lipinski definition) is 4. The zero-order valence-electron chi connectivity index (χ0n) is 12.7. The quantitative estimate of drug-likeness (QED) is 0.883. The number of piperidine rings is 1. The Morgan fingerprint density at radius 1 is 1.35 bits per heavy atom. The fourth-order valence-electron chi connectivity index (χ4n) is 3.14. The molecule has 1 fully saturated rings. The molecule has 0 saturated carbocycles. The van der Waals surface area contributed by atoms with Crippen molar-refractivity contribution < 1.29 is 9.84 Å². The van der Waals surface area contributed by atoms with Gasteiger partial charge < -0.3 is 15.6 Å². The number of rotatable bonds is 4. The van der Waals surface area contributed by atoms with Crippen molar-refractivity contribution in [3.63, 3.8) is 0 Å². The Morgan fingerprint density at radius 2 is 2.00 bits per heavy atom. The van der Waals surface area contributed by atoms with Crippen LogP contribution in [0.5, 0.6) is 5.75 Å². The molecule has 20 heavy (non-hydrogen) atoms. The molecule has 2 rings (SSSR count). The van der Waals surface area contributed by atoms with Gasteiger partial charge in [0.1, 0.15) is 5.75 Å². The number of benzene rings is 1. The highest BCUT2D eigenvalue weighted by molar-refractivity contribution is 5.30. The minimum absolute atomic E-state index is 0.0114. The van der Waals surface area contributed by atoms with Crippen molar-refractivity contribution in [3.8, 4) is 5.75 Å². The number of nitrogens with two attached hydrogens (primary N) is 1. The summed E-state index contributed by atoms with van der Waals surface area (Å²) in [5.74, 6) is 0.850. The summed E-state index contributed by atoms with van der Waals surface area (Å²) in [6, 6.07) is 8.20. The van der Waals surface area contributed by atoms with Crippen molar-refractivity contribution in [2.45, 2.75) is 44.4 Å². The molecular weight excluding hydrogens is 252 g/mol. The first-order valence-electron chi connectivity index (χ1n) is 7.29. The van der Waals surface area contributed by atoms with Crippen molar-refractivity contribution in [1.29, 1.82) is 0 Å². The first-order valence-corrected chi connectivity index (χ1v) is 7.29. The minimum Gasteiger partial charge on any atom is -0.497 e. The van der Waals surface area contributed by atoms with E-state index >= 15 is 0 Å². The molecule has 1 aromatic rings. The summed E-state index contributed by atoms with van der Waals surface area (Å²) < 4.78 is 5.20. The molecule has 112 valence electrons. The molecule has 1 heterocycles. The van der Waals surface area contributed by atoms with Crippen molar-refractivity contribution in [3.05, 3.63) is 29.8 Å². The predicted octanol–water partition coefficient (Wildman–Crippen LogP) is 1.93. The largest absolute Gasteiger partial charge is 0.497 e. The molecule has 3 N–H and O–H groups in total. The Labute approximate surface area is 121 Å². The third-order valence-electron chi connectivity index (χ3n) is 4.05. The van der Waals surface area contributed by atoms with E-state index in [1.807, 2.05) is 26.0 Å². The van der Waals surface area contributed by atoms with Gasteiger partial charge in [-0.15, -0.1) is 0 Å². The van der Waals surface area contributed by atoms with E-state index in [0.717, 1.165) is 25.1 Å². The number of nitrogens with zero attached hydrogens (tertiary/aromatic N) is 1. The van der Waals surface area contributed by atoms with E-state index in [9.17, 15) is 5.11 Å². The molecule has 3 unspecified atom stereocenters. The lowest BCUT2D eigenvalue weighted by atomic mass is 9.90. The van der Waals surface area contributed by atoms with Crippen LogP contribution in [0.25, 0.3) is 0 Å². The molecular formula is C16H26N2O2. The Morgan fingerprint density at radius 3 is 2.50 bits per heavy atom. The van der Waals surface area contributed by atoms with Crippen molar-refractivity contribution in [2.24, 2.45) is 5.73 Å². The molecule has 0 amide bonds. The lowest BCUT2D eigenvalue weighted by Gasteiger charge is -2.42. The molecule has 1 aromatic carbocycles. The van der Waals surface area contributed by atoms with Gasteiger partial charge in [-0.2, -0.15) is 0 Å². The van der Waals surface area contributed by atoms with Crippen LogP contribution < -0.4 is 10.5 Å². The van der Waals surface area contributed by atoms with Crippen molar-refractivity contribution in [2.75, 3.05) is 20.2 Å². The molecule has 4 nitrogen and oxygen atoms in total. The van der Waals surface area contributed by atoms with Gasteiger partial charge in [-0.25, -0.2) is 0 Å². The molecule has 1 aliphatic heterocycles. The number of aliphatic hydroxyl groups is 1. The Kier molecular flexibility index (Phi) is 4.68. The normalized spacial score (nSPS) is 27.1. The second-order valence-electron chi connectivity index (χ2n) is 6.15. The fraction of sp³-hybridized carbons (Fsp3) is 0.625. The zero-order valence-corrected chi connectivity index (χ0v) is 12.7. The van der Waals surface area contributed by atoms with Crippen LogP contribution in [0.1, 0.15) is 38.3 Å². The summed E-state index contributed by atoms with van der Waals surface area (Å²) in [5.41, 5.74) is 6.77. The van der Waals surface area contributed by atoms with Crippen LogP contribution in [0.2, 0.25) is 0 Å². The summed E-state index contributed by atoms with van der Waals surface area (Å²) in [5, 5.41) is 10.3. The van der Waals surface area contributed by atoms with Crippen LogP contribution in [0, 0.1) is 0 Å². The molecule has 0 radical (unpaired) electrons. The van der Waals surface area contributed by atoms with Crippen LogP contribution in [-0.4, -0.2) is 41.8 Å². The highest BCUT2D eigenvalue weighted by Gasteiger charge is 2.34. The van der Waals surface area contributed by atoms with Gasteiger partial charge in [-0.3, -0.25) is 4.90 Å². The molecule has 1 saturated heterocycles. The standard InChI is InChI=1S/C16H26N2O2/c1-12(17)15(13-5-7-14(20-3)8-6-13)18-10-4-9-16(2,19)11-18/h5-8,12,15,19H,4,9-11,17H2,1-3H3. The van der Waals surface area contributed by atoms with E-state index in [2.05, 4.69) is 17.0 Å². The van der Waals surface area contributed by atoms with Gasteiger partial charge in [0.05, 0.1) is 12.7 Å². The predicted molar refractivity (Wildman–Crippen MR) is 80.8 cm³/mol. The second-order valence-corrected chi connectivity index (χ2v) is 6.15. The first-order chi connectivity index (χ1) is 9.43. The lowest BCUT2D eigenvalue weighted by Crippen LogP contribution is -2.50. The second kappa shape index (κ2) is 6.12. The summed E-state index contributed by atoms with van der Waals surface area (Å²) in [7, 11) is 1.67. The first kappa shape index (κ1) is 15.3. The van der Waals surface area contributed by atoms with Crippen LogP contribution in [0.15, 0.2) is 24.3 Å². The molecule has 0 spiro atoms. The third-order valence-corrected chi connectivity index (χ3v) is 4.05. The van der Waals surface area contributed by atoms with E-state index < -0.39 is 5.60 Å². The highest BCUT2D eigenvalue weighted by Crippen LogP contribution is 2.31. The molecule has 1 aliphatic rings. The van der Waals surface area contributed by atoms with E-state index in [1.165, 1.54) is 5.56 Å². The highest BCUT2D eigenvalue weighted by atomic mass is 16.5. The van der Waals surface area contributed by atoms with E-state index in [1.54, 1.807) is 7.11 Å². The maximum atomic E-state index is 10.3. The van der Waals surface area contributed by atoms with Crippen LogP contribution in [0.4, 0.5) is 0 Å². The van der Waals surface area contributed by atoms with Gasteiger partial charge in [0.15, 0.2) is 0 Å². The van der Waals surface area contributed by atoms with Gasteiger partial charge in [0.2, 0.25) is 0 Å². The minimum atomic E-state index is -0.613. The van der Waals surface area contributed by atoms with Gasteiger partial charge in [0.25, 0.3) is 0 Å². The number of likely N-dealkylation sites (tertiary alicyclic amines) is 1. The average Bonchev–Trinajstić information content (AvgIpc) is 2.38. The Hall–Kier alpha value is -1.10. The van der Waals surface area contributed by atoms with Crippen molar-refractivity contribution >= 4 is 0 Å². The number of ether oxygens (including phenoxy) is 1. The van der Waals surface area contributed by atoms with Crippen LogP contribution >= 0.6 is 0 Å². The Balaban J connectivity index is 2.21. The number of hydrogen-bond donors (Lipinski definition) is 2. The van der Waals surface area contributed by atoms with Crippen LogP contribution in [0.3, 0.4) is 0 Å². The zero-order chi connectivity index (χ0) is 14.8. The summed E-state index contributed by atoms with van der Waals surface area (Å²) >= 11 is 0. The third kappa shape index (κ3) is 3.51. The van der Waals surface area contributed by atoms with Gasteiger partial charge >= 0.3 is 0 Å². The number of methoxy groups -OCH3 is 1. The summed E-state index contributed by atoms with van der Waals surface area (Å²) in [6.45, 7) is 5.59. The fourth-order valence-corrected chi connectivity index (χ4v) is 3.14. The molecule has 0 aliphatic carbocycles. The monoisotopic (exact) mass is 278 g/mol. The molecule has 3 atom stereocenters. The Bertz CT molecular complexity index is 429. The van der Waals surface area contributed by atoms with E-state index in [-0.39, 0.29) is 12.1 Å². The maximum Gasteiger partial charge on any atom is 0.118 e. The van der Waals surface area contributed by atoms with Gasteiger partial charge in [0, 0.05) is 18.6 Å². The summed E-state index contributed by atoms with van der Waals surface area (Å²) in [6.07, 6.45) is 1.87. The van der Waals surface area contributed by atoms with Gasteiger partial charge in [-0.05, 0) is 50.9 Å². The molecule has 0 aromatic heterocycles. The molecule has 0 bridgehead atoms. The van der Waals surface area contributed by atoms with E-state index in [0.29, 0.717) is 6.54 Å². The maximum absolute atomic E-state index is 10.3. The van der Waals surface area contributed by atoms with Crippen molar-refractivity contribution in [1.82, 2.24) is 4.90 Å². The SMILES string of the molecule is COc1ccc(C(C(C)N)N2CCCC(C)(O)C2)cc1. The smallest absolute Gasteiger partial charge is 0.118 e. The lowest BCUT2D eigenvalue weighted by molar-refractivity contribution is -0.0333.